The van der Waals surface area contributed by atoms with Gasteiger partial charge in [0.2, 0.25) is 21.8 Å². The molecule has 0 aliphatic rings. The predicted molar refractivity (Wildman–Crippen MR) is 152 cm³/mol. The molecular weight excluding hydrogens is 533 g/mol. The molecule has 0 aromatic heterocycles. The van der Waals surface area contributed by atoms with Crippen molar-refractivity contribution < 1.29 is 18.0 Å². The van der Waals surface area contributed by atoms with Gasteiger partial charge in [-0.05, 0) is 69.0 Å². The maximum Gasteiger partial charge on any atom is 0.242 e. The Hall–Kier alpha value is -2.29. The molecule has 0 aliphatic heterocycles. The van der Waals surface area contributed by atoms with Gasteiger partial charge in [-0.2, -0.15) is 0 Å². The van der Waals surface area contributed by atoms with Gasteiger partial charge in [0.05, 0.1) is 11.9 Å². The summed E-state index contributed by atoms with van der Waals surface area (Å²) >= 11 is 12.7. The summed E-state index contributed by atoms with van der Waals surface area (Å²) < 4.78 is 26.4. The first-order chi connectivity index (χ1) is 17.4. The first-order valence-corrected chi connectivity index (χ1v) is 15.0. The van der Waals surface area contributed by atoms with Crippen molar-refractivity contribution in [1.82, 2.24) is 10.2 Å². The molecule has 2 rings (SSSR count). The maximum atomic E-state index is 13.4. The number of hydrogen-bond donors (Lipinski definition) is 1. The molecule has 0 aliphatic carbocycles. The molecular formula is C27H37Cl2N3O4S. The van der Waals surface area contributed by atoms with Crippen LogP contribution in [0.25, 0.3) is 0 Å². The number of nitrogens with zero attached hydrogens (tertiary/aromatic N) is 2. The Kier molecular flexibility index (Phi) is 11.7. The number of halogens is 2. The van der Waals surface area contributed by atoms with Gasteiger partial charge < -0.3 is 10.2 Å². The van der Waals surface area contributed by atoms with Crippen molar-refractivity contribution in [3.05, 3.63) is 63.1 Å². The monoisotopic (exact) mass is 569 g/mol. The fourth-order valence-corrected chi connectivity index (χ4v) is 5.33. The molecule has 0 unspecified atom stereocenters. The van der Waals surface area contributed by atoms with Crippen molar-refractivity contribution in [3.63, 3.8) is 0 Å². The molecule has 10 heteroatoms. The number of sulfonamides is 1. The van der Waals surface area contributed by atoms with Gasteiger partial charge in [0.25, 0.3) is 0 Å². The highest BCUT2D eigenvalue weighted by Crippen LogP contribution is 2.27. The third-order valence-corrected chi connectivity index (χ3v) is 8.22. The molecule has 0 fully saturated rings. The van der Waals surface area contributed by atoms with Gasteiger partial charge in [0.15, 0.2) is 0 Å². The van der Waals surface area contributed by atoms with Crippen LogP contribution in [-0.4, -0.2) is 50.5 Å². The summed E-state index contributed by atoms with van der Waals surface area (Å²) in [4.78, 5) is 27.7. The minimum absolute atomic E-state index is 0.0471. The van der Waals surface area contributed by atoms with E-state index in [0.29, 0.717) is 27.8 Å². The van der Waals surface area contributed by atoms with E-state index in [1.807, 2.05) is 32.9 Å². The van der Waals surface area contributed by atoms with E-state index in [2.05, 4.69) is 5.32 Å². The van der Waals surface area contributed by atoms with Crippen LogP contribution in [0.3, 0.4) is 0 Å². The lowest BCUT2D eigenvalue weighted by Gasteiger charge is -2.30. The summed E-state index contributed by atoms with van der Waals surface area (Å²) in [5.41, 5.74) is 3.15. The summed E-state index contributed by atoms with van der Waals surface area (Å²) in [5, 5.41) is 3.68. The standard InChI is InChI=1S/C27H37Cl2N3O4S/c1-6-7-15-30-27(34)21(4)31(18-23-24(28)10-8-11-25(23)29)26(33)12-9-16-32(37(5,35)36)22-14-13-19(2)20(3)17-22/h8,10-11,13-14,17,21H,6-7,9,12,15-16,18H2,1-5H3,(H,30,34)/t21-/m1/s1. The number of amides is 2. The highest BCUT2D eigenvalue weighted by Gasteiger charge is 2.27. The molecule has 0 radical (unpaired) electrons. The average Bonchev–Trinajstić information content (AvgIpc) is 2.82. The van der Waals surface area contributed by atoms with Gasteiger partial charge in [-0.3, -0.25) is 13.9 Å². The quantitative estimate of drug-likeness (QED) is 0.323. The third kappa shape index (κ3) is 8.90. The number of benzene rings is 2. The summed E-state index contributed by atoms with van der Waals surface area (Å²) in [7, 11) is -3.56. The third-order valence-electron chi connectivity index (χ3n) is 6.32. The van der Waals surface area contributed by atoms with Crippen molar-refractivity contribution >= 4 is 50.7 Å². The maximum absolute atomic E-state index is 13.4. The van der Waals surface area contributed by atoms with E-state index in [1.54, 1.807) is 31.2 Å². The van der Waals surface area contributed by atoms with E-state index in [-0.39, 0.29) is 37.7 Å². The fourth-order valence-electron chi connectivity index (χ4n) is 3.86. The minimum atomic E-state index is -3.56. The van der Waals surface area contributed by atoms with Crippen LogP contribution >= 0.6 is 23.2 Å². The van der Waals surface area contributed by atoms with Crippen molar-refractivity contribution in [2.24, 2.45) is 0 Å². The second kappa shape index (κ2) is 14.0. The highest BCUT2D eigenvalue weighted by molar-refractivity contribution is 7.92. The number of carbonyl (C=O) groups is 2. The van der Waals surface area contributed by atoms with Crippen LogP contribution in [0.2, 0.25) is 10.0 Å². The van der Waals surface area contributed by atoms with Crippen molar-refractivity contribution in [2.75, 3.05) is 23.7 Å². The summed E-state index contributed by atoms with van der Waals surface area (Å²) in [5.74, 6) is -0.555. The Morgan fingerprint density at radius 3 is 2.24 bits per heavy atom. The van der Waals surface area contributed by atoms with E-state index in [4.69, 9.17) is 23.2 Å². The first kappa shape index (κ1) is 30.9. The number of aryl methyl sites for hydroxylation is 2. The van der Waals surface area contributed by atoms with Gasteiger partial charge in [-0.1, -0.05) is 48.7 Å². The van der Waals surface area contributed by atoms with Gasteiger partial charge in [-0.15, -0.1) is 0 Å². The number of anilines is 1. The van der Waals surface area contributed by atoms with Crippen LogP contribution in [-0.2, 0) is 26.2 Å². The Balaban J connectivity index is 2.22. The predicted octanol–water partition coefficient (Wildman–Crippen LogP) is 5.49. The zero-order chi connectivity index (χ0) is 27.8. The van der Waals surface area contributed by atoms with E-state index in [0.717, 1.165) is 30.2 Å². The molecule has 0 bridgehead atoms. The molecule has 2 amide bonds. The molecule has 0 spiro atoms. The average molecular weight is 571 g/mol. The second-order valence-electron chi connectivity index (χ2n) is 9.25. The first-order valence-electron chi connectivity index (χ1n) is 12.4. The fraction of sp³-hybridized carbons (Fsp3) is 0.481. The largest absolute Gasteiger partial charge is 0.354 e. The lowest BCUT2D eigenvalue weighted by Crippen LogP contribution is -2.48. The topological polar surface area (TPSA) is 86.8 Å². The Bertz CT molecular complexity index is 1180. The van der Waals surface area contributed by atoms with E-state index < -0.39 is 16.1 Å². The SMILES string of the molecule is CCCCNC(=O)[C@@H](C)N(Cc1c(Cl)cccc1Cl)C(=O)CCCN(c1ccc(C)c(C)c1)S(C)(=O)=O. The van der Waals surface area contributed by atoms with Crippen LogP contribution in [0, 0.1) is 13.8 Å². The Morgan fingerprint density at radius 1 is 1.03 bits per heavy atom. The van der Waals surface area contributed by atoms with E-state index >= 15 is 0 Å². The molecule has 1 N–H and O–H groups in total. The van der Waals surface area contributed by atoms with Gasteiger partial charge in [-0.25, -0.2) is 8.42 Å². The number of nitrogens with one attached hydrogen (secondary N) is 1. The van der Waals surface area contributed by atoms with Crippen LogP contribution < -0.4 is 9.62 Å². The molecule has 1 atom stereocenters. The molecule has 37 heavy (non-hydrogen) atoms. The van der Waals surface area contributed by atoms with Gasteiger partial charge in [0, 0.05) is 41.7 Å². The van der Waals surface area contributed by atoms with Crippen LogP contribution in [0.4, 0.5) is 5.69 Å². The number of rotatable bonds is 13. The summed E-state index contributed by atoms with van der Waals surface area (Å²) in [6, 6.07) is 9.79. The minimum Gasteiger partial charge on any atom is -0.354 e. The molecule has 0 heterocycles. The van der Waals surface area contributed by atoms with Crippen LogP contribution in [0.1, 0.15) is 56.2 Å². The molecule has 0 saturated heterocycles. The summed E-state index contributed by atoms with van der Waals surface area (Å²) in [6.07, 6.45) is 3.24. The van der Waals surface area contributed by atoms with E-state index in [1.165, 1.54) is 9.21 Å². The van der Waals surface area contributed by atoms with Crippen molar-refractivity contribution in [2.45, 2.75) is 66.0 Å². The van der Waals surface area contributed by atoms with E-state index in [9.17, 15) is 18.0 Å². The van der Waals surface area contributed by atoms with Crippen LogP contribution in [0.5, 0.6) is 0 Å². The zero-order valence-electron chi connectivity index (χ0n) is 22.2. The number of hydrogen-bond acceptors (Lipinski definition) is 4. The van der Waals surface area contributed by atoms with Crippen molar-refractivity contribution in [1.29, 1.82) is 0 Å². The number of carbonyl (C=O) groups excluding carboxylic acids is 2. The van der Waals surface area contributed by atoms with Crippen molar-refractivity contribution in [3.8, 4) is 0 Å². The van der Waals surface area contributed by atoms with Gasteiger partial charge >= 0.3 is 0 Å². The molecule has 2 aromatic carbocycles. The Labute approximate surface area is 231 Å². The molecule has 2 aromatic rings. The number of unbranched alkanes of at least 4 members (excludes halogenated alkanes) is 1. The molecule has 7 nitrogen and oxygen atoms in total. The lowest BCUT2D eigenvalue weighted by atomic mass is 10.1. The zero-order valence-corrected chi connectivity index (χ0v) is 24.5. The summed E-state index contributed by atoms with van der Waals surface area (Å²) in [6.45, 7) is 8.30. The van der Waals surface area contributed by atoms with Gasteiger partial charge in [0.1, 0.15) is 6.04 Å². The molecule has 0 saturated carbocycles. The lowest BCUT2D eigenvalue weighted by molar-refractivity contribution is -0.140. The Morgan fingerprint density at radius 2 is 1.68 bits per heavy atom. The molecule has 204 valence electrons. The smallest absolute Gasteiger partial charge is 0.242 e. The normalized spacial score (nSPS) is 12.2. The second-order valence-corrected chi connectivity index (χ2v) is 12.0. The van der Waals surface area contributed by atoms with Crippen LogP contribution in [0.15, 0.2) is 36.4 Å². The highest BCUT2D eigenvalue weighted by atomic mass is 35.5.